The molecule has 0 aliphatic rings. The first-order valence-electron chi connectivity index (χ1n) is 9.29. The second-order valence-electron chi connectivity index (χ2n) is 6.53. The van der Waals surface area contributed by atoms with Gasteiger partial charge in [-0.25, -0.2) is 4.98 Å². The van der Waals surface area contributed by atoms with E-state index < -0.39 is 0 Å². The Kier molecular flexibility index (Phi) is 5.58. The van der Waals surface area contributed by atoms with Crippen molar-refractivity contribution in [1.82, 2.24) is 9.55 Å². The molecule has 0 bridgehead atoms. The van der Waals surface area contributed by atoms with Crippen LogP contribution in [-0.4, -0.2) is 16.2 Å². The summed E-state index contributed by atoms with van der Waals surface area (Å²) in [4.78, 5) is 4.86. The molecule has 0 atom stereocenters. The minimum Gasteiger partial charge on any atom is -0.491 e. The molecular weight excluding hydrogens is 412 g/mol. The van der Waals surface area contributed by atoms with Crippen LogP contribution in [-0.2, 0) is 13.0 Å². The van der Waals surface area contributed by atoms with E-state index in [0.717, 1.165) is 44.6 Å². The lowest BCUT2D eigenvalue weighted by Crippen LogP contribution is -2.10. The van der Waals surface area contributed by atoms with Crippen LogP contribution in [0, 0.1) is 0 Å². The molecular formula is C24H21BrN2O. The highest BCUT2D eigenvalue weighted by molar-refractivity contribution is 9.10. The molecule has 1 heterocycles. The Labute approximate surface area is 173 Å². The zero-order valence-electron chi connectivity index (χ0n) is 15.5. The third-order valence-electron chi connectivity index (χ3n) is 4.67. The molecule has 0 spiro atoms. The van der Waals surface area contributed by atoms with Gasteiger partial charge < -0.3 is 9.30 Å². The van der Waals surface area contributed by atoms with E-state index in [4.69, 9.17) is 9.72 Å². The first kappa shape index (κ1) is 18.5. The van der Waals surface area contributed by atoms with Gasteiger partial charge in [0.2, 0.25) is 0 Å². The number of hydrogen-bond donors (Lipinski definition) is 0. The number of para-hydroxylation sites is 3. The number of imidazole rings is 1. The fourth-order valence-corrected chi connectivity index (χ4v) is 3.60. The first-order chi connectivity index (χ1) is 13.8. The van der Waals surface area contributed by atoms with Gasteiger partial charge >= 0.3 is 0 Å². The Morgan fingerprint density at radius 1 is 0.964 bits per heavy atom. The van der Waals surface area contributed by atoms with Crippen LogP contribution in [0.15, 0.2) is 89.9 Å². The van der Waals surface area contributed by atoms with E-state index >= 15 is 0 Å². The summed E-state index contributed by atoms with van der Waals surface area (Å²) in [5.74, 6) is 1.87. The average molecular weight is 433 g/mol. The molecule has 0 N–H and O–H groups in total. The molecule has 28 heavy (non-hydrogen) atoms. The highest BCUT2D eigenvalue weighted by Crippen LogP contribution is 2.26. The summed E-state index contributed by atoms with van der Waals surface area (Å²) in [7, 11) is 0. The summed E-state index contributed by atoms with van der Waals surface area (Å²) >= 11 is 3.50. The monoisotopic (exact) mass is 432 g/mol. The van der Waals surface area contributed by atoms with Crippen LogP contribution in [0.1, 0.15) is 5.56 Å². The Bertz CT molecular complexity index is 1100. The van der Waals surface area contributed by atoms with Crippen molar-refractivity contribution in [2.24, 2.45) is 0 Å². The summed E-state index contributed by atoms with van der Waals surface area (Å²) in [5, 5.41) is 0. The van der Waals surface area contributed by atoms with Crippen LogP contribution in [0.25, 0.3) is 22.4 Å². The standard InChI is InChI=1S/C24H21BrN2O/c1-2-7-18-8-3-6-11-23(18)28-17-16-27-22-10-5-4-9-21(22)26-24(27)19-12-14-20(25)15-13-19/h2-6,8-15H,1,7,16-17H2. The maximum absolute atomic E-state index is 6.12. The third-order valence-corrected chi connectivity index (χ3v) is 5.19. The second-order valence-corrected chi connectivity index (χ2v) is 7.45. The summed E-state index contributed by atoms with van der Waals surface area (Å²) in [6.07, 6.45) is 2.70. The number of hydrogen-bond acceptors (Lipinski definition) is 2. The third kappa shape index (κ3) is 3.87. The van der Waals surface area contributed by atoms with Crippen molar-refractivity contribution in [2.75, 3.05) is 6.61 Å². The number of fused-ring (bicyclic) bond motifs is 1. The van der Waals surface area contributed by atoms with Gasteiger partial charge in [-0.05, 0) is 42.3 Å². The Balaban J connectivity index is 1.62. The number of benzene rings is 3. The minimum atomic E-state index is 0.567. The highest BCUT2D eigenvalue weighted by Gasteiger charge is 2.12. The van der Waals surface area contributed by atoms with Crippen molar-refractivity contribution in [3.05, 3.63) is 95.5 Å². The summed E-state index contributed by atoms with van der Waals surface area (Å²) in [6.45, 7) is 5.12. The van der Waals surface area contributed by atoms with Crippen molar-refractivity contribution in [3.8, 4) is 17.1 Å². The van der Waals surface area contributed by atoms with Gasteiger partial charge in [0.1, 0.15) is 18.2 Å². The number of rotatable bonds is 7. The van der Waals surface area contributed by atoms with E-state index in [2.05, 4.69) is 57.4 Å². The lowest BCUT2D eigenvalue weighted by atomic mass is 10.1. The molecule has 3 aromatic carbocycles. The molecule has 0 fully saturated rings. The Morgan fingerprint density at radius 3 is 2.54 bits per heavy atom. The molecule has 140 valence electrons. The molecule has 0 saturated carbocycles. The zero-order valence-corrected chi connectivity index (χ0v) is 17.1. The molecule has 4 aromatic rings. The first-order valence-corrected chi connectivity index (χ1v) is 10.1. The van der Waals surface area contributed by atoms with Gasteiger partial charge in [-0.3, -0.25) is 0 Å². The zero-order chi connectivity index (χ0) is 19.3. The van der Waals surface area contributed by atoms with E-state index in [9.17, 15) is 0 Å². The van der Waals surface area contributed by atoms with Crippen LogP contribution < -0.4 is 4.74 Å². The highest BCUT2D eigenvalue weighted by atomic mass is 79.9. The van der Waals surface area contributed by atoms with E-state index in [1.54, 1.807) is 0 Å². The molecule has 0 unspecified atom stereocenters. The number of nitrogens with zero attached hydrogens (tertiary/aromatic N) is 2. The number of ether oxygens (including phenoxy) is 1. The lowest BCUT2D eigenvalue weighted by Gasteiger charge is -2.13. The predicted molar refractivity (Wildman–Crippen MR) is 119 cm³/mol. The number of halogens is 1. The Hall–Kier alpha value is -2.85. The minimum absolute atomic E-state index is 0.567. The van der Waals surface area contributed by atoms with E-state index in [1.807, 2.05) is 48.5 Å². The van der Waals surface area contributed by atoms with Crippen LogP contribution >= 0.6 is 15.9 Å². The number of allylic oxidation sites excluding steroid dienone is 1. The molecule has 0 amide bonds. The maximum Gasteiger partial charge on any atom is 0.141 e. The van der Waals surface area contributed by atoms with Crippen molar-refractivity contribution in [3.63, 3.8) is 0 Å². The molecule has 0 aliphatic heterocycles. The van der Waals surface area contributed by atoms with Crippen LogP contribution in [0.2, 0.25) is 0 Å². The van der Waals surface area contributed by atoms with Gasteiger partial charge in [0, 0.05) is 10.0 Å². The van der Waals surface area contributed by atoms with Gasteiger partial charge in [0.25, 0.3) is 0 Å². The van der Waals surface area contributed by atoms with Gasteiger partial charge in [-0.2, -0.15) is 0 Å². The fraction of sp³-hybridized carbons (Fsp3) is 0.125. The van der Waals surface area contributed by atoms with E-state index in [1.165, 1.54) is 0 Å². The second kappa shape index (κ2) is 8.44. The van der Waals surface area contributed by atoms with Crippen molar-refractivity contribution >= 4 is 27.0 Å². The molecule has 0 aliphatic carbocycles. The van der Waals surface area contributed by atoms with Crippen molar-refractivity contribution < 1.29 is 4.74 Å². The summed E-state index contributed by atoms with van der Waals surface area (Å²) < 4.78 is 9.41. The van der Waals surface area contributed by atoms with Gasteiger partial charge in [0.05, 0.1) is 17.6 Å². The van der Waals surface area contributed by atoms with E-state index in [0.29, 0.717) is 13.2 Å². The molecule has 4 rings (SSSR count). The van der Waals surface area contributed by atoms with E-state index in [-0.39, 0.29) is 0 Å². The van der Waals surface area contributed by atoms with Gasteiger partial charge in [-0.1, -0.05) is 64.5 Å². The summed E-state index contributed by atoms with van der Waals surface area (Å²) in [5.41, 5.74) is 4.35. The van der Waals surface area contributed by atoms with Crippen LogP contribution in [0.4, 0.5) is 0 Å². The normalized spacial score (nSPS) is 10.9. The Morgan fingerprint density at radius 2 is 1.71 bits per heavy atom. The molecule has 0 radical (unpaired) electrons. The average Bonchev–Trinajstić information content (AvgIpc) is 3.09. The quantitative estimate of drug-likeness (QED) is 0.321. The number of aromatic nitrogens is 2. The molecule has 3 nitrogen and oxygen atoms in total. The SMILES string of the molecule is C=CCc1ccccc1OCCn1c(-c2ccc(Br)cc2)nc2ccccc21. The van der Waals surface area contributed by atoms with Crippen LogP contribution in [0.5, 0.6) is 5.75 Å². The maximum atomic E-state index is 6.12. The summed E-state index contributed by atoms with van der Waals surface area (Å²) in [6, 6.07) is 24.6. The van der Waals surface area contributed by atoms with Gasteiger partial charge in [-0.15, -0.1) is 6.58 Å². The smallest absolute Gasteiger partial charge is 0.141 e. The van der Waals surface area contributed by atoms with Crippen molar-refractivity contribution in [1.29, 1.82) is 0 Å². The van der Waals surface area contributed by atoms with Crippen LogP contribution in [0.3, 0.4) is 0 Å². The molecule has 1 aromatic heterocycles. The fourth-order valence-electron chi connectivity index (χ4n) is 3.34. The van der Waals surface area contributed by atoms with Gasteiger partial charge in [0.15, 0.2) is 0 Å². The molecule has 4 heteroatoms. The van der Waals surface area contributed by atoms with Crippen molar-refractivity contribution in [2.45, 2.75) is 13.0 Å². The topological polar surface area (TPSA) is 27.1 Å². The molecule has 0 saturated heterocycles. The lowest BCUT2D eigenvalue weighted by molar-refractivity contribution is 0.298. The largest absolute Gasteiger partial charge is 0.491 e. The predicted octanol–water partition coefficient (Wildman–Crippen LogP) is 6.27.